The Kier molecular flexibility index (Phi) is 4.19. The molecule has 1 unspecified atom stereocenters. The second-order valence-corrected chi connectivity index (χ2v) is 5.36. The van der Waals surface area contributed by atoms with Crippen LogP contribution in [0.15, 0.2) is 24.3 Å². The minimum absolute atomic E-state index is 0.432. The van der Waals surface area contributed by atoms with Crippen LogP contribution in [0.2, 0.25) is 0 Å². The van der Waals surface area contributed by atoms with Crippen LogP contribution in [0.3, 0.4) is 0 Å². The molecule has 1 fully saturated rings. The summed E-state index contributed by atoms with van der Waals surface area (Å²) in [6.45, 7) is 4.45. The van der Waals surface area contributed by atoms with Crippen molar-refractivity contribution in [3.63, 3.8) is 0 Å². The molecule has 2 rings (SSSR count). The third-order valence-corrected chi connectivity index (χ3v) is 3.91. The second kappa shape index (κ2) is 5.65. The highest BCUT2D eigenvalue weighted by molar-refractivity contribution is 5.28. The molecule has 0 saturated heterocycles. The minimum Gasteiger partial charge on any atom is -0.328 e. The second-order valence-electron chi connectivity index (χ2n) is 5.36. The van der Waals surface area contributed by atoms with Gasteiger partial charge in [-0.15, -0.1) is 0 Å². The maximum absolute atomic E-state index is 5.94. The first-order chi connectivity index (χ1) is 8.16. The summed E-state index contributed by atoms with van der Waals surface area (Å²) in [7, 11) is 0. The zero-order chi connectivity index (χ0) is 12.3. The molecule has 0 aliphatic heterocycles. The van der Waals surface area contributed by atoms with Crippen molar-refractivity contribution in [3.8, 4) is 0 Å². The SMILES string of the molecule is Cc1ccccc1C(C)NC1CCC(N)CC1. The highest BCUT2D eigenvalue weighted by Crippen LogP contribution is 2.22. The quantitative estimate of drug-likeness (QED) is 0.841. The number of rotatable bonds is 3. The lowest BCUT2D eigenvalue weighted by atomic mass is 9.90. The highest BCUT2D eigenvalue weighted by Gasteiger charge is 2.20. The smallest absolute Gasteiger partial charge is 0.0296 e. The lowest BCUT2D eigenvalue weighted by Crippen LogP contribution is -2.38. The zero-order valence-electron chi connectivity index (χ0n) is 10.9. The van der Waals surface area contributed by atoms with Crippen molar-refractivity contribution in [2.75, 3.05) is 0 Å². The third kappa shape index (κ3) is 3.30. The van der Waals surface area contributed by atoms with E-state index in [-0.39, 0.29) is 0 Å². The van der Waals surface area contributed by atoms with Gasteiger partial charge in [0.2, 0.25) is 0 Å². The van der Waals surface area contributed by atoms with Crippen molar-refractivity contribution < 1.29 is 0 Å². The molecule has 94 valence electrons. The van der Waals surface area contributed by atoms with Gasteiger partial charge < -0.3 is 11.1 Å². The molecule has 1 atom stereocenters. The molecular weight excluding hydrogens is 208 g/mol. The summed E-state index contributed by atoms with van der Waals surface area (Å²) in [5.74, 6) is 0. The first kappa shape index (κ1) is 12.6. The maximum atomic E-state index is 5.94. The predicted octanol–water partition coefficient (Wildman–Crippen LogP) is 2.92. The summed E-state index contributed by atoms with van der Waals surface area (Å²) in [5, 5.41) is 3.74. The van der Waals surface area contributed by atoms with Crippen LogP contribution in [-0.2, 0) is 0 Å². The van der Waals surface area contributed by atoms with Gasteiger partial charge in [-0.3, -0.25) is 0 Å². The molecule has 2 nitrogen and oxygen atoms in total. The lowest BCUT2D eigenvalue weighted by molar-refractivity contribution is 0.322. The van der Waals surface area contributed by atoms with E-state index < -0.39 is 0 Å². The van der Waals surface area contributed by atoms with Gasteiger partial charge in [0.1, 0.15) is 0 Å². The van der Waals surface area contributed by atoms with Crippen LogP contribution in [0.1, 0.15) is 49.8 Å². The largest absolute Gasteiger partial charge is 0.328 e. The van der Waals surface area contributed by atoms with E-state index in [0.29, 0.717) is 18.1 Å². The Morgan fingerprint density at radius 2 is 1.82 bits per heavy atom. The molecule has 1 aliphatic carbocycles. The Bertz CT molecular complexity index is 354. The first-order valence-corrected chi connectivity index (χ1v) is 6.74. The van der Waals surface area contributed by atoms with Crippen LogP contribution in [0, 0.1) is 6.92 Å². The van der Waals surface area contributed by atoms with Gasteiger partial charge >= 0.3 is 0 Å². The molecule has 0 radical (unpaired) electrons. The highest BCUT2D eigenvalue weighted by atomic mass is 14.9. The molecular formula is C15H24N2. The molecule has 2 heteroatoms. The molecule has 0 heterocycles. The molecule has 1 aromatic carbocycles. The van der Waals surface area contributed by atoms with Crippen LogP contribution in [-0.4, -0.2) is 12.1 Å². The van der Waals surface area contributed by atoms with E-state index in [9.17, 15) is 0 Å². The number of nitrogens with two attached hydrogens (primary N) is 1. The molecule has 1 saturated carbocycles. The van der Waals surface area contributed by atoms with E-state index in [2.05, 4.69) is 43.4 Å². The van der Waals surface area contributed by atoms with E-state index in [1.807, 2.05) is 0 Å². The molecule has 1 aliphatic rings. The van der Waals surface area contributed by atoms with Crippen molar-refractivity contribution in [2.45, 2.75) is 57.7 Å². The Balaban J connectivity index is 1.93. The van der Waals surface area contributed by atoms with Gasteiger partial charge in [0.15, 0.2) is 0 Å². The fraction of sp³-hybridized carbons (Fsp3) is 0.600. The van der Waals surface area contributed by atoms with Gasteiger partial charge in [0.05, 0.1) is 0 Å². The lowest BCUT2D eigenvalue weighted by Gasteiger charge is -2.30. The van der Waals surface area contributed by atoms with Crippen LogP contribution in [0.5, 0.6) is 0 Å². The van der Waals surface area contributed by atoms with Crippen LogP contribution >= 0.6 is 0 Å². The van der Waals surface area contributed by atoms with Crippen LogP contribution in [0.25, 0.3) is 0 Å². The fourth-order valence-electron chi connectivity index (χ4n) is 2.80. The van der Waals surface area contributed by atoms with E-state index in [0.717, 1.165) is 12.8 Å². The topological polar surface area (TPSA) is 38.0 Å². The Hall–Kier alpha value is -0.860. The van der Waals surface area contributed by atoms with Crippen LogP contribution < -0.4 is 11.1 Å². The monoisotopic (exact) mass is 232 g/mol. The molecule has 0 amide bonds. The summed E-state index contributed by atoms with van der Waals surface area (Å²) in [6.07, 6.45) is 4.77. The van der Waals surface area contributed by atoms with Gasteiger partial charge in [-0.25, -0.2) is 0 Å². The Labute approximate surface area is 105 Å². The van der Waals surface area contributed by atoms with Crippen molar-refractivity contribution in [1.82, 2.24) is 5.32 Å². The summed E-state index contributed by atoms with van der Waals surface area (Å²) in [6, 6.07) is 10.1. The van der Waals surface area contributed by atoms with Gasteiger partial charge in [0, 0.05) is 18.1 Å². The maximum Gasteiger partial charge on any atom is 0.0296 e. The average molecular weight is 232 g/mol. The Morgan fingerprint density at radius 3 is 2.47 bits per heavy atom. The summed E-state index contributed by atoms with van der Waals surface area (Å²) in [4.78, 5) is 0. The van der Waals surface area contributed by atoms with Crippen molar-refractivity contribution in [3.05, 3.63) is 35.4 Å². The van der Waals surface area contributed by atoms with Crippen molar-refractivity contribution >= 4 is 0 Å². The first-order valence-electron chi connectivity index (χ1n) is 6.74. The molecule has 0 spiro atoms. The van der Waals surface area contributed by atoms with E-state index in [1.54, 1.807) is 0 Å². The fourth-order valence-corrected chi connectivity index (χ4v) is 2.80. The van der Waals surface area contributed by atoms with E-state index in [4.69, 9.17) is 5.73 Å². The van der Waals surface area contributed by atoms with Gasteiger partial charge in [-0.1, -0.05) is 24.3 Å². The minimum atomic E-state index is 0.432. The number of benzene rings is 1. The average Bonchev–Trinajstić information content (AvgIpc) is 2.32. The predicted molar refractivity (Wildman–Crippen MR) is 73.0 cm³/mol. The molecule has 0 aromatic heterocycles. The normalized spacial score (nSPS) is 26.8. The number of nitrogens with one attached hydrogen (secondary N) is 1. The molecule has 3 N–H and O–H groups in total. The van der Waals surface area contributed by atoms with Gasteiger partial charge in [-0.2, -0.15) is 0 Å². The summed E-state index contributed by atoms with van der Waals surface area (Å²) < 4.78 is 0. The van der Waals surface area contributed by atoms with Crippen molar-refractivity contribution in [1.29, 1.82) is 0 Å². The van der Waals surface area contributed by atoms with Gasteiger partial charge in [-0.05, 0) is 50.7 Å². The standard InChI is InChI=1S/C15H24N2/c1-11-5-3-4-6-15(11)12(2)17-14-9-7-13(16)8-10-14/h3-6,12-14,17H,7-10,16H2,1-2H3. The third-order valence-electron chi connectivity index (χ3n) is 3.91. The summed E-state index contributed by atoms with van der Waals surface area (Å²) >= 11 is 0. The molecule has 1 aromatic rings. The number of hydrogen-bond acceptors (Lipinski definition) is 2. The zero-order valence-corrected chi connectivity index (χ0v) is 10.9. The Morgan fingerprint density at radius 1 is 1.18 bits per heavy atom. The number of hydrogen-bond donors (Lipinski definition) is 2. The molecule has 17 heavy (non-hydrogen) atoms. The van der Waals surface area contributed by atoms with E-state index in [1.165, 1.54) is 24.0 Å². The van der Waals surface area contributed by atoms with Crippen molar-refractivity contribution in [2.24, 2.45) is 5.73 Å². The van der Waals surface area contributed by atoms with Gasteiger partial charge in [0.25, 0.3) is 0 Å². The van der Waals surface area contributed by atoms with Crippen LogP contribution in [0.4, 0.5) is 0 Å². The molecule has 0 bridgehead atoms. The number of aryl methyl sites for hydroxylation is 1. The summed E-state index contributed by atoms with van der Waals surface area (Å²) in [5.41, 5.74) is 8.73. The van der Waals surface area contributed by atoms with E-state index >= 15 is 0 Å².